The van der Waals surface area contributed by atoms with Crippen LogP contribution in [0.15, 0.2) is 37.9 Å². The van der Waals surface area contributed by atoms with E-state index in [0.717, 1.165) is 10.0 Å². The summed E-state index contributed by atoms with van der Waals surface area (Å²) in [5, 5.41) is 11.1. The SMILES string of the molecule is C=CCOc1c(OCC)cc(C=NN=C2NC(=O)CS2)c(Br)c1Br. The van der Waals surface area contributed by atoms with Crippen LogP contribution in [0.3, 0.4) is 0 Å². The fraction of sp³-hybridized carbons (Fsp3) is 0.267. The summed E-state index contributed by atoms with van der Waals surface area (Å²) in [4.78, 5) is 11.1. The van der Waals surface area contributed by atoms with E-state index >= 15 is 0 Å². The van der Waals surface area contributed by atoms with Crippen molar-refractivity contribution in [1.29, 1.82) is 0 Å². The Bertz CT molecular complexity index is 708. The first-order valence-electron chi connectivity index (χ1n) is 6.99. The van der Waals surface area contributed by atoms with Gasteiger partial charge < -0.3 is 14.8 Å². The molecule has 0 atom stereocenters. The average molecular weight is 477 g/mol. The van der Waals surface area contributed by atoms with E-state index < -0.39 is 0 Å². The van der Waals surface area contributed by atoms with Gasteiger partial charge in [-0.1, -0.05) is 24.4 Å². The van der Waals surface area contributed by atoms with Crippen molar-refractivity contribution >= 4 is 60.9 Å². The minimum Gasteiger partial charge on any atom is -0.490 e. The van der Waals surface area contributed by atoms with Gasteiger partial charge in [0, 0.05) is 10.0 Å². The Hall–Kier alpha value is -1.32. The van der Waals surface area contributed by atoms with E-state index in [4.69, 9.17) is 9.47 Å². The van der Waals surface area contributed by atoms with E-state index in [1.54, 1.807) is 18.4 Å². The molecule has 0 spiro atoms. The maximum atomic E-state index is 11.1. The zero-order valence-electron chi connectivity index (χ0n) is 12.8. The van der Waals surface area contributed by atoms with Crippen molar-refractivity contribution in [1.82, 2.24) is 5.32 Å². The molecule has 1 saturated heterocycles. The highest BCUT2D eigenvalue weighted by Gasteiger charge is 2.17. The molecule has 6 nitrogen and oxygen atoms in total. The van der Waals surface area contributed by atoms with Crippen molar-refractivity contribution in [3.8, 4) is 11.5 Å². The highest BCUT2D eigenvalue weighted by Crippen LogP contribution is 2.42. The fourth-order valence-electron chi connectivity index (χ4n) is 1.76. The Morgan fingerprint density at radius 2 is 2.21 bits per heavy atom. The Kier molecular flexibility index (Phi) is 7.32. The summed E-state index contributed by atoms with van der Waals surface area (Å²) in [5.41, 5.74) is 0.759. The lowest BCUT2D eigenvalue weighted by Crippen LogP contribution is -2.19. The summed E-state index contributed by atoms with van der Waals surface area (Å²) < 4.78 is 12.8. The van der Waals surface area contributed by atoms with E-state index in [1.165, 1.54) is 11.8 Å². The smallest absolute Gasteiger partial charge is 0.236 e. The zero-order valence-corrected chi connectivity index (χ0v) is 16.8. The predicted molar refractivity (Wildman–Crippen MR) is 104 cm³/mol. The largest absolute Gasteiger partial charge is 0.490 e. The fourth-order valence-corrected chi connectivity index (χ4v) is 3.33. The van der Waals surface area contributed by atoms with Crippen LogP contribution in [0.1, 0.15) is 12.5 Å². The zero-order chi connectivity index (χ0) is 17.5. The summed E-state index contributed by atoms with van der Waals surface area (Å²) in [7, 11) is 0. The molecule has 0 radical (unpaired) electrons. The van der Waals surface area contributed by atoms with Crippen LogP contribution in [0, 0.1) is 0 Å². The number of benzene rings is 1. The van der Waals surface area contributed by atoms with E-state index in [-0.39, 0.29) is 5.91 Å². The number of ether oxygens (including phenoxy) is 2. The number of amides is 1. The second-order valence-corrected chi connectivity index (χ2v) is 6.99. The van der Waals surface area contributed by atoms with Gasteiger partial charge in [0.15, 0.2) is 16.7 Å². The lowest BCUT2D eigenvalue weighted by atomic mass is 10.2. The van der Waals surface area contributed by atoms with Crippen molar-refractivity contribution < 1.29 is 14.3 Å². The third-order valence-corrected chi connectivity index (χ3v) is 5.74. The lowest BCUT2D eigenvalue weighted by Gasteiger charge is -2.15. The Balaban J connectivity index is 2.29. The molecule has 0 aromatic heterocycles. The van der Waals surface area contributed by atoms with E-state index in [2.05, 4.69) is 54.0 Å². The van der Waals surface area contributed by atoms with Crippen LogP contribution in [0.25, 0.3) is 0 Å². The van der Waals surface area contributed by atoms with Gasteiger partial charge in [-0.15, -0.1) is 5.10 Å². The summed E-state index contributed by atoms with van der Waals surface area (Å²) in [6, 6.07) is 1.81. The Labute approximate surface area is 161 Å². The highest BCUT2D eigenvalue weighted by atomic mass is 79.9. The van der Waals surface area contributed by atoms with Crippen LogP contribution in [-0.2, 0) is 4.79 Å². The van der Waals surface area contributed by atoms with Gasteiger partial charge in [0.25, 0.3) is 0 Å². The lowest BCUT2D eigenvalue weighted by molar-refractivity contribution is -0.116. The first kappa shape index (κ1) is 19.0. The van der Waals surface area contributed by atoms with Crippen LogP contribution in [0.5, 0.6) is 11.5 Å². The summed E-state index contributed by atoms with van der Waals surface area (Å²) in [5.74, 6) is 1.48. The second-order valence-electron chi connectivity index (χ2n) is 4.44. The molecule has 1 fully saturated rings. The maximum Gasteiger partial charge on any atom is 0.236 e. The number of thioether (sulfide) groups is 1. The monoisotopic (exact) mass is 475 g/mol. The van der Waals surface area contributed by atoms with Gasteiger partial charge in [0.05, 0.1) is 23.0 Å². The molecule has 1 amide bonds. The Morgan fingerprint density at radius 1 is 1.42 bits per heavy atom. The van der Waals surface area contributed by atoms with Crippen LogP contribution in [-0.4, -0.2) is 36.3 Å². The average Bonchev–Trinajstić information content (AvgIpc) is 2.97. The highest BCUT2D eigenvalue weighted by molar-refractivity contribution is 9.13. The van der Waals surface area contributed by atoms with Gasteiger partial charge in [-0.2, -0.15) is 5.10 Å². The molecule has 1 aliphatic heterocycles. The number of hydrogen-bond acceptors (Lipinski definition) is 6. The van der Waals surface area contributed by atoms with E-state index in [0.29, 0.717) is 40.1 Å². The van der Waals surface area contributed by atoms with Crippen molar-refractivity contribution in [2.24, 2.45) is 10.2 Å². The van der Waals surface area contributed by atoms with Crippen LogP contribution < -0.4 is 14.8 Å². The van der Waals surface area contributed by atoms with Gasteiger partial charge in [-0.05, 0) is 44.8 Å². The van der Waals surface area contributed by atoms with Gasteiger partial charge in [-0.3, -0.25) is 4.79 Å². The van der Waals surface area contributed by atoms with Crippen molar-refractivity contribution in [2.45, 2.75) is 6.92 Å². The van der Waals surface area contributed by atoms with E-state index in [1.807, 2.05) is 6.92 Å². The summed E-state index contributed by atoms with van der Waals surface area (Å²) in [6.07, 6.45) is 3.24. The second kappa shape index (κ2) is 9.24. The summed E-state index contributed by atoms with van der Waals surface area (Å²) in [6.45, 7) is 6.40. The molecule has 24 heavy (non-hydrogen) atoms. The number of halogens is 2. The van der Waals surface area contributed by atoms with Crippen molar-refractivity contribution in [2.75, 3.05) is 19.0 Å². The minimum atomic E-state index is -0.0692. The number of amidine groups is 1. The number of hydrogen-bond donors (Lipinski definition) is 1. The van der Waals surface area contributed by atoms with Crippen LogP contribution >= 0.6 is 43.6 Å². The molecule has 1 aromatic rings. The first-order chi connectivity index (χ1) is 11.6. The molecule has 1 N–H and O–H groups in total. The van der Waals surface area contributed by atoms with Gasteiger partial charge >= 0.3 is 0 Å². The number of nitrogens with one attached hydrogen (secondary N) is 1. The molecule has 128 valence electrons. The maximum absolute atomic E-state index is 11.1. The van der Waals surface area contributed by atoms with Crippen molar-refractivity contribution in [3.05, 3.63) is 33.2 Å². The molecule has 0 unspecified atom stereocenters. The number of carbonyl (C=O) groups excluding carboxylic acids is 1. The quantitative estimate of drug-likeness (QED) is 0.369. The standard InChI is InChI=1S/C15H15Br2N3O3S/c1-3-5-23-14-10(22-4-2)6-9(12(16)13(14)17)7-18-20-15-19-11(21)8-24-15/h3,6-7H,1,4-5,8H2,2H3,(H,19,20,21). The van der Waals surface area contributed by atoms with Crippen LogP contribution in [0.2, 0.25) is 0 Å². The number of nitrogens with zero attached hydrogens (tertiary/aromatic N) is 2. The predicted octanol–water partition coefficient (Wildman–Crippen LogP) is 3.73. The van der Waals surface area contributed by atoms with Crippen LogP contribution in [0.4, 0.5) is 0 Å². The van der Waals surface area contributed by atoms with Crippen molar-refractivity contribution in [3.63, 3.8) is 0 Å². The molecule has 2 rings (SSSR count). The molecule has 1 heterocycles. The molecule has 0 aliphatic carbocycles. The topological polar surface area (TPSA) is 72.3 Å². The minimum absolute atomic E-state index is 0.0692. The molecule has 0 saturated carbocycles. The van der Waals surface area contributed by atoms with Gasteiger partial charge in [0.2, 0.25) is 5.91 Å². The molecular formula is C15H15Br2N3O3S. The van der Waals surface area contributed by atoms with E-state index in [9.17, 15) is 4.79 Å². The van der Waals surface area contributed by atoms with Gasteiger partial charge in [0.1, 0.15) is 6.61 Å². The Morgan fingerprint density at radius 3 is 2.83 bits per heavy atom. The third-order valence-electron chi connectivity index (χ3n) is 2.73. The number of carbonyl (C=O) groups is 1. The molecule has 0 bridgehead atoms. The third kappa shape index (κ3) is 4.84. The molecule has 1 aliphatic rings. The molecule has 1 aromatic carbocycles. The normalized spacial score (nSPS) is 15.8. The van der Waals surface area contributed by atoms with Gasteiger partial charge in [-0.25, -0.2) is 0 Å². The molecule has 9 heteroatoms. The number of rotatable bonds is 7. The molecular weight excluding hydrogens is 462 g/mol. The summed E-state index contributed by atoms with van der Waals surface area (Å²) >= 11 is 8.33. The first-order valence-corrected chi connectivity index (χ1v) is 9.56.